The van der Waals surface area contributed by atoms with Crippen LogP contribution in [0.5, 0.6) is 0 Å². The quantitative estimate of drug-likeness (QED) is 0.881. The number of amides is 2. The Hall–Kier alpha value is -2.88. The average molecular weight is 308 g/mol. The van der Waals surface area contributed by atoms with E-state index in [1.54, 1.807) is 44.4 Å². The molecule has 2 aromatic carbocycles. The lowest BCUT2D eigenvalue weighted by molar-refractivity contribution is -0.111. The molecule has 2 aromatic rings. The largest absolute Gasteiger partial charge is 0.345 e. The van der Waals surface area contributed by atoms with Crippen molar-refractivity contribution >= 4 is 23.6 Å². The molecule has 0 atom stereocenters. The molecular formula is C19H20N2O2. The molecule has 0 aliphatic carbocycles. The molecular weight excluding hydrogens is 288 g/mol. The predicted molar refractivity (Wildman–Crippen MR) is 93.3 cm³/mol. The maximum Gasteiger partial charge on any atom is 0.253 e. The third-order valence-corrected chi connectivity index (χ3v) is 3.31. The van der Waals surface area contributed by atoms with Crippen LogP contribution in [0.2, 0.25) is 0 Å². The van der Waals surface area contributed by atoms with Crippen molar-refractivity contribution in [3.63, 3.8) is 0 Å². The summed E-state index contributed by atoms with van der Waals surface area (Å²) in [4.78, 5) is 25.2. The van der Waals surface area contributed by atoms with Crippen molar-refractivity contribution in [2.45, 2.75) is 6.92 Å². The topological polar surface area (TPSA) is 49.4 Å². The number of hydrogen-bond donors (Lipinski definition) is 1. The number of anilines is 1. The summed E-state index contributed by atoms with van der Waals surface area (Å²) in [6, 6.07) is 14.7. The Morgan fingerprint density at radius 1 is 0.957 bits per heavy atom. The number of carbonyl (C=O) groups is 2. The molecule has 2 rings (SSSR count). The van der Waals surface area contributed by atoms with Gasteiger partial charge in [-0.25, -0.2) is 0 Å². The van der Waals surface area contributed by atoms with Gasteiger partial charge in [-0.15, -0.1) is 0 Å². The molecule has 0 saturated carbocycles. The van der Waals surface area contributed by atoms with E-state index in [-0.39, 0.29) is 11.8 Å². The highest BCUT2D eigenvalue weighted by molar-refractivity contribution is 6.02. The molecule has 0 spiro atoms. The van der Waals surface area contributed by atoms with Crippen molar-refractivity contribution in [3.8, 4) is 0 Å². The highest BCUT2D eigenvalue weighted by Crippen LogP contribution is 2.11. The number of benzene rings is 2. The number of nitrogens with one attached hydrogen (secondary N) is 1. The van der Waals surface area contributed by atoms with Gasteiger partial charge in [0.1, 0.15) is 0 Å². The van der Waals surface area contributed by atoms with E-state index in [4.69, 9.17) is 0 Å². The van der Waals surface area contributed by atoms with Gasteiger partial charge in [0.2, 0.25) is 5.91 Å². The van der Waals surface area contributed by atoms with Gasteiger partial charge in [-0.2, -0.15) is 0 Å². The molecule has 0 bridgehead atoms. The fourth-order valence-electron chi connectivity index (χ4n) is 1.99. The Morgan fingerprint density at radius 2 is 1.57 bits per heavy atom. The van der Waals surface area contributed by atoms with Crippen LogP contribution in [0.15, 0.2) is 54.6 Å². The standard InChI is InChI=1S/C19H20N2O2/c1-14-4-6-15(7-5-14)8-13-18(22)20-17-11-9-16(10-12-17)19(23)21(2)3/h4-13H,1-3H3,(H,20,22)/b13-8+. The predicted octanol–water partition coefficient (Wildman–Crippen LogP) is 3.35. The minimum atomic E-state index is -0.211. The summed E-state index contributed by atoms with van der Waals surface area (Å²) in [5.41, 5.74) is 3.39. The van der Waals surface area contributed by atoms with Gasteiger partial charge < -0.3 is 10.2 Å². The maximum absolute atomic E-state index is 11.9. The first kappa shape index (κ1) is 16.5. The summed E-state index contributed by atoms with van der Waals surface area (Å²) in [5, 5.41) is 2.77. The van der Waals surface area contributed by atoms with Gasteiger partial charge in [-0.3, -0.25) is 9.59 Å². The maximum atomic E-state index is 11.9. The number of carbonyl (C=O) groups excluding carboxylic acids is 2. The van der Waals surface area contributed by atoms with E-state index < -0.39 is 0 Å². The highest BCUT2D eigenvalue weighted by Gasteiger charge is 2.07. The monoisotopic (exact) mass is 308 g/mol. The zero-order chi connectivity index (χ0) is 16.8. The first-order valence-corrected chi connectivity index (χ1v) is 7.33. The average Bonchev–Trinajstić information content (AvgIpc) is 2.54. The third kappa shape index (κ3) is 4.81. The van der Waals surface area contributed by atoms with Gasteiger partial charge in [-0.1, -0.05) is 29.8 Å². The summed E-state index contributed by atoms with van der Waals surface area (Å²) in [6.07, 6.45) is 3.25. The third-order valence-electron chi connectivity index (χ3n) is 3.31. The molecule has 0 saturated heterocycles. The second-order valence-electron chi connectivity index (χ2n) is 5.51. The molecule has 118 valence electrons. The van der Waals surface area contributed by atoms with Crippen LogP contribution in [0.25, 0.3) is 6.08 Å². The Kier molecular flexibility index (Phi) is 5.31. The van der Waals surface area contributed by atoms with Gasteiger partial charge in [-0.05, 0) is 42.8 Å². The van der Waals surface area contributed by atoms with E-state index in [1.165, 1.54) is 16.5 Å². The van der Waals surface area contributed by atoms with E-state index in [0.29, 0.717) is 11.3 Å². The van der Waals surface area contributed by atoms with Crippen molar-refractivity contribution < 1.29 is 9.59 Å². The Bertz CT molecular complexity index is 714. The van der Waals surface area contributed by atoms with Crippen LogP contribution in [-0.2, 0) is 4.79 Å². The van der Waals surface area contributed by atoms with Gasteiger partial charge >= 0.3 is 0 Å². The van der Waals surface area contributed by atoms with Crippen LogP contribution in [0.3, 0.4) is 0 Å². The SMILES string of the molecule is Cc1ccc(/C=C/C(=O)Nc2ccc(C(=O)N(C)C)cc2)cc1. The lowest BCUT2D eigenvalue weighted by Gasteiger charge is -2.10. The lowest BCUT2D eigenvalue weighted by atomic mass is 10.1. The summed E-state index contributed by atoms with van der Waals surface area (Å²) in [7, 11) is 3.40. The molecule has 0 aliphatic heterocycles. The molecule has 0 heterocycles. The van der Waals surface area contributed by atoms with Crippen LogP contribution < -0.4 is 5.32 Å². The molecule has 0 fully saturated rings. The number of hydrogen-bond acceptors (Lipinski definition) is 2. The van der Waals surface area contributed by atoms with Gasteiger partial charge in [0.15, 0.2) is 0 Å². The van der Waals surface area contributed by atoms with Crippen LogP contribution in [0.4, 0.5) is 5.69 Å². The number of rotatable bonds is 4. The van der Waals surface area contributed by atoms with Crippen molar-refractivity contribution in [3.05, 3.63) is 71.3 Å². The van der Waals surface area contributed by atoms with Crippen LogP contribution in [0.1, 0.15) is 21.5 Å². The normalized spacial score (nSPS) is 10.6. The fourth-order valence-corrected chi connectivity index (χ4v) is 1.99. The van der Waals surface area contributed by atoms with Crippen LogP contribution >= 0.6 is 0 Å². The lowest BCUT2D eigenvalue weighted by Crippen LogP contribution is -2.21. The Balaban J connectivity index is 1.97. The molecule has 4 heteroatoms. The van der Waals surface area contributed by atoms with Gasteiger partial charge in [0, 0.05) is 31.4 Å². The van der Waals surface area contributed by atoms with Crippen LogP contribution in [-0.4, -0.2) is 30.8 Å². The van der Waals surface area contributed by atoms with Crippen molar-refractivity contribution in [2.75, 3.05) is 19.4 Å². The minimum absolute atomic E-state index is 0.0675. The summed E-state index contributed by atoms with van der Waals surface area (Å²) in [5.74, 6) is -0.278. The van der Waals surface area contributed by atoms with E-state index >= 15 is 0 Å². The molecule has 0 radical (unpaired) electrons. The van der Waals surface area contributed by atoms with E-state index in [1.807, 2.05) is 31.2 Å². The number of nitrogens with zero attached hydrogens (tertiary/aromatic N) is 1. The van der Waals surface area contributed by atoms with E-state index in [2.05, 4.69) is 5.32 Å². The molecule has 2 amide bonds. The molecule has 23 heavy (non-hydrogen) atoms. The summed E-state index contributed by atoms with van der Waals surface area (Å²) < 4.78 is 0. The van der Waals surface area contributed by atoms with Crippen molar-refractivity contribution in [1.82, 2.24) is 4.90 Å². The number of aryl methyl sites for hydroxylation is 1. The molecule has 1 N–H and O–H groups in total. The van der Waals surface area contributed by atoms with Crippen molar-refractivity contribution in [2.24, 2.45) is 0 Å². The minimum Gasteiger partial charge on any atom is -0.345 e. The Labute approximate surface area is 136 Å². The summed E-state index contributed by atoms with van der Waals surface area (Å²) >= 11 is 0. The van der Waals surface area contributed by atoms with Crippen LogP contribution in [0, 0.1) is 6.92 Å². The Morgan fingerprint density at radius 3 is 2.13 bits per heavy atom. The van der Waals surface area contributed by atoms with Crippen molar-refractivity contribution in [1.29, 1.82) is 0 Å². The van der Waals surface area contributed by atoms with Gasteiger partial charge in [0.05, 0.1) is 0 Å². The zero-order valence-electron chi connectivity index (χ0n) is 13.5. The summed E-state index contributed by atoms with van der Waals surface area (Å²) in [6.45, 7) is 2.02. The second kappa shape index (κ2) is 7.40. The molecule has 4 nitrogen and oxygen atoms in total. The first-order valence-electron chi connectivity index (χ1n) is 7.33. The first-order chi connectivity index (χ1) is 11.0. The van der Waals surface area contributed by atoms with E-state index in [0.717, 1.165) is 5.56 Å². The molecule has 0 aromatic heterocycles. The second-order valence-corrected chi connectivity index (χ2v) is 5.51. The molecule has 0 aliphatic rings. The molecule has 0 unspecified atom stereocenters. The zero-order valence-corrected chi connectivity index (χ0v) is 13.5. The van der Waals surface area contributed by atoms with Gasteiger partial charge in [0.25, 0.3) is 5.91 Å². The smallest absolute Gasteiger partial charge is 0.253 e. The van der Waals surface area contributed by atoms with E-state index in [9.17, 15) is 9.59 Å². The highest BCUT2D eigenvalue weighted by atomic mass is 16.2. The fraction of sp³-hybridized carbons (Fsp3) is 0.158.